The first-order valence-corrected chi connectivity index (χ1v) is 5.81. The van der Waals surface area contributed by atoms with Crippen molar-refractivity contribution < 1.29 is 9.47 Å². The molecule has 0 spiro atoms. The molecular formula is C12H15Cl2NO2. The van der Waals surface area contributed by atoms with Gasteiger partial charge < -0.3 is 14.8 Å². The SMILES string of the molecule is C=C(Cl)COc1c(Cl)cc(CNC)cc1OC. The predicted molar refractivity (Wildman–Crippen MR) is 71.3 cm³/mol. The second kappa shape index (κ2) is 6.74. The highest BCUT2D eigenvalue weighted by Gasteiger charge is 2.12. The fraction of sp³-hybridized carbons (Fsp3) is 0.333. The standard InChI is InChI=1S/C12H15Cl2NO2/c1-8(13)7-17-12-10(14)4-9(6-15-2)5-11(12)16-3/h4-5,15H,1,6-7H2,2-3H3. The van der Waals surface area contributed by atoms with Gasteiger partial charge in [0.2, 0.25) is 0 Å². The summed E-state index contributed by atoms with van der Waals surface area (Å²) in [5.74, 6) is 1.07. The van der Waals surface area contributed by atoms with Crippen molar-refractivity contribution in [2.45, 2.75) is 6.54 Å². The molecule has 0 saturated heterocycles. The highest BCUT2D eigenvalue weighted by Crippen LogP contribution is 2.36. The third-order valence-electron chi connectivity index (χ3n) is 2.04. The van der Waals surface area contributed by atoms with E-state index in [0.29, 0.717) is 28.1 Å². The van der Waals surface area contributed by atoms with E-state index in [2.05, 4.69) is 11.9 Å². The van der Waals surface area contributed by atoms with Gasteiger partial charge in [-0.25, -0.2) is 0 Å². The van der Waals surface area contributed by atoms with Crippen molar-refractivity contribution in [1.29, 1.82) is 0 Å². The Morgan fingerprint density at radius 2 is 2.18 bits per heavy atom. The van der Waals surface area contributed by atoms with Gasteiger partial charge in [-0.3, -0.25) is 0 Å². The summed E-state index contributed by atoms with van der Waals surface area (Å²) in [6.07, 6.45) is 0. The molecule has 3 nitrogen and oxygen atoms in total. The number of rotatable bonds is 6. The van der Waals surface area contributed by atoms with Crippen molar-refractivity contribution in [1.82, 2.24) is 5.32 Å². The molecule has 0 aliphatic carbocycles. The Morgan fingerprint density at radius 1 is 1.47 bits per heavy atom. The molecule has 0 unspecified atom stereocenters. The molecule has 0 heterocycles. The van der Waals surface area contributed by atoms with Gasteiger partial charge in [0.15, 0.2) is 11.5 Å². The van der Waals surface area contributed by atoms with E-state index in [1.165, 1.54) is 0 Å². The molecule has 0 fully saturated rings. The molecule has 0 atom stereocenters. The molecule has 0 amide bonds. The number of benzene rings is 1. The minimum atomic E-state index is 0.197. The largest absolute Gasteiger partial charge is 0.493 e. The minimum Gasteiger partial charge on any atom is -0.493 e. The Balaban J connectivity index is 2.98. The molecule has 0 aromatic heterocycles. The summed E-state index contributed by atoms with van der Waals surface area (Å²) in [6, 6.07) is 3.70. The quantitative estimate of drug-likeness (QED) is 0.865. The van der Waals surface area contributed by atoms with Crippen molar-refractivity contribution in [3.05, 3.63) is 34.3 Å². The Morgan fingerprint density at radius 3 is 2.71 bits per heavy atom. The van der Waals surface area contributed by atoms with Crippen LogP contribution in [0.2, 0.25) is 5.02 Å². The van der Waals surface area contributed by atoms with Crippen LogP contribution in [-0.4, -0.2) is 20.8 Å². The summed E-state index contributed by atoms with van der Waals surface area (Å²) in [7, 11) is 3.43. The average molecular weight is 276 g/mol. The van der Waals surface area contributed by atoms with Gasteiger partial charge in [0.1, 0.15) is 6.61 Å². The first-order chi connectivity index (χ1) is 8.08. The highest BCUT2D eigenvalue weighted by molar-refractivity contribution is 6.32. The number of halogens is 2. The summed E-state index contributed by atoms with van der Waals surface area (Å²) in [4.78, 5) is 0. The first-order valence-electron chi connectivity index (χ1n) is 5.05. The lowest BCUT2D eigenvalue weighted by molar-refractivity contribution is 0.324. The molecule has 5 heteroatoms. The minimum absolute atomic E-state index is 0.197. The average Bonchev–Trinajstić information content (AvgIpc) is 2.27. The Labute approximate surface area is 111 Å². The summed E-state index contributed by atoms with van der Waals surface area (Å²) >= 11 is 11.8. The fourth-order valence-electron chi connectivity index (χ4n) is 1.37. The molecule has 0 aliphatic heterocycles. The molecule has 1 N–H and O–H groups in total. The van der Waals surface area contributed by atoms with Gasteiger partial charge >= 0.3 is 0 Å². The van der Waals surface area contributed by atoms with Crippen molar-refractivity contribution in [2.75, 3.05) is 20.8 Å². The van der Waals surface area contributed by atoms with Gasteiger partial charge in [0.05, 0.1) is 12.1 Å². The molecule has 0 bridgehead atoms. The maximum atomic E-state index is 6.13. The van der Waals surface area contributed by atoms with Gasteiger partial charge in [-0.2, -0.15) is 0 Å². The smallest absolute Gasteiger partial charge is 0.180 e. The molecule has 0 radical (unpaired) electrons. The van der Waals surface area contributed by atoms with Crippen molar-refractivity contribution >= 4 is 23.2 Å². The number of nitrogens with one attached hydrogen (secondary N) is 1. The molecule has 94 valence electrons. The second-order valence-electron chi connectivity index (χ2n) is 3.45. The van der Waals surface area contributed by atoms with Crippen LogP contribution in [0.1, 0.15) is 5.56 Å². The number of methoxy groups -OCH3 is 1. The fourth-order valence-corrected chi connectivity index (χ4v) is 1.71. The lowest BCUT2D eigenvalue weighted by Gasteiger charge is -2.13. The highest BCUT2D eigenvalue weighted by atomic mass is 35.5. The van der Waals surface area contributed by atoms with Crippen molar-refractivity contribution in [3.63, 3.8) is 0 Å². The van der Waals surface area contributed by atoms with E-state index in [0.717, 1.165) is 5.56 Å². The summed E-state index contributed by atoms with van der Waals surface area (Å²) < 4.78 is 10.7. The number of hydrogen-bond donors (Lipinski definition) is 1. The van der Waals surface area contributed by atoms with E-state index in [4.69, 9.17) is 32.7 Å². The van der Waals surface area contributed by atoms with E-state index in [1.54, 1.807) is 7.11 Å². The molecule has 0 saturated carbocycles. The molecule has 1 aromatic rings. The number of ether oxygens (including phenoxy) is 2. The van der Waals surface area contributed by atoms with Crippen LogP contribution in [0.25, 0.3) is 0 Å². The summed E-state index contributed by atoms with van der Waals surface area (Å²) in [5.41, 5.74) is 1.02. The van der Waals surface area contributed by atoms with Crippen LogP contribution in [0.15, 0.2) is 23.7 Å². The zero-order valence-corrected chi connectivity index (χ0v) is 11.4. The Bertz CT molecular complexity index is 408. The van der Waals surface area contributed by atoms with Gasteiger partial charge in [-0.15, -0.1) is 0 Å². The van der Waals surface area contributed by atoms with Crippen LogP contribution in [0.4, 0.5) is 0 Å². The van der Waals surface area contributed by atoms with E-state index in [1.807, 2.05) is 19.2 Å². The Kier molecular flexibility index (Phi) is 5.62. The maximum Gasteiger partial charge on any atom is 0.180 e. The van der Waals surface area contributed by atoms with Crippen LogP contribution in [0, 0.1) is 0 Å². The molecular weight excluding hydrogens is 261 g/mol. The molecule has 0 aliphatic rings. The normalized spacial score (nSPS) is 10.1. The lowest BCUT2D eigenvalue weighted by atomic mass is 10.2. The van der Waals surface area contributed by atoms with Gasteiger partial charge in [-0.05, 0) is 24.7 Å². The van der Waals surface area contributed by atoms with E-state index >= 15 is 0 Å². The molecule has 1 rings (SSSR count). The predicted octanol–water partition coefficient (Wildman–Crippen LogP) is 3.20. The maximum absolute atomic E-state index is 6.13. The molecule has 17 heavy (non-hydrogen) atoms. The lowest BCUT2D eigenvalue weighted by Crippen LogP contribution is -2.06. The molecule has 1 aromatic carbocycles. The first kappa shape index (κ1) is 14.2. The zero-order valence-electron chi connectivity index (χ0n) is 9.85. The third kappa shape index (κ3) is 4.11. The summed E-state index contributed by atoms with van der Waals surface area (Å²) in [6.45, 7) is 4.45. The van der Waals surface area contributed by atoms with E-state index in [-0.39, 0.29) is 6.61 Å². The van der Waals surface area contributed by atoms with E-state index in [9.17, 15) is 0 Å². The van der Waals surface area contributed by atoms with Crippen LogP contribution < -0.4 is 14.8 Å². The monoisotopic (exact) mass is 275 g/mol. The van der Waals surface area contributed by atoms with Gasteiger partial charge in [-0.1, -0.05) is 29.8 Å². The van der Waals surface area contributed by atoms with Crippen LogP contribution >= 0.6 is 23.2 Å². The zero-order chi connectivity index (χ0) is 12.8. The van der Waals surface area contributed by atoms with Crippen LogP contribution in [0.3, 0.4) is 0 Å². The third-order valence-corrected chi connectivity index (χ3v) is 2.43. The van der Waals surface area contributed by atoms with Gasteiger partial charge in [0, 0.05) is 11.6 Å². The van der Waals surface area contributed by atoms with Gasteiger partial charge in [0.25, 0.3) is 0 Å². The van der Waals surface area contributed by atoms with Crippen LogP contribution in [-0.2, 0) is 6.54 Å². The van der Waals surface area contributed by atoms with Crippen molar-refractivity contribution in [2.24, 2.45) is 0 Å². The topological polar surface area (TPSA) is 30.5 Å². The second-order valence-corrected chi connectivity index (χ2v) is 4.39. The van der Waals surface area contributed by atoms with E-state index < -0.39 is 0 Å². The van der Waals surface area contributed by atoms with Crippen molar-refractivity contribution in [3.8, 4) is 11.5 Å². The van der Waals surface area contributed by atoms with Crippen LogP contribution in [0.5, 0.6) is 11.5 Å². The summed E-state index contributed by atoms with van der Waals surface area (Å²) in [5, 5.41) is 3.94. The Hall–Kier alpha value is -0.900. The number of hydrogen-bond acceptors (Lipinski definition) is 3.